The molecule has 0 spiro atoms. The minimum atomic E-state index is -0.0789. The van der Waals surface area contributed by atoms with Crippen LogP contribution < -0.4 is 16.0 Å². The van der Waals surface area contributed by atoms with Gasteiger partial charge in [0.15, 0.2) is 5.96 Å². The molecule has 1 aliphatic rings. The van der Waals surface area contributed by atoms with E-state index < -0.39 is 0 Å². The van der Waals surface area contributed by atoms with Crippen LogP contribution in [0, 0.1) is 19.8 Å². The minimum absolute atomic E-state index is 0. The summed E-state index contributed by atoms with van der Waals surface area (Å²) in [6, 6.07) is 12.3. The van der Waals surface area contributed by atoms with Gasteiger partial charge < -0.3 is 20.7 Å². The molecule has 2 heterocycles. The zero-order valence-electron chi connectivity index (χ0n) is 19.8. The van der Waals surface area contributed by atoms with Crippen molar-refractivity contribution in [3.8, 4) is 0 Å². The molecule has 0 aliphatic carbocycles. The first kappa shape index (κ1) is 27.0. The number of hydrogen-bond acceptors (Lipinski definition) is 4. The maximum Gasteiger partial charge on any atom is 0.227 e. The first-order valence-electron chi connectivity index (χ1n) is 11.5. The third kappa shape index (κ3) is 8.92. The number of nitrogens with one attached hydrogen (secondary N) is 3. The molecule has 1 aromatic carbocycles. The van der Waals surface area contributed by atoms with Crippen molar-refractivity contribution in [2.45, 2.75) is 46.1 Å². The van der Waals surface area contributed by atoms with Crippen LogP contribution in [0.25, 0.3) is 0 Å². The van der Waals surface area contributed by atoms with Gasteiger partial charge in [-0.1, -0.05) is 35.9 Å². The number of halogens is 1. The number of benzene rings is 1. The van der Waals surface area contributed by atoms with Crippen LogP contribution in [0.2, 0.25) is 0 Å². The molecule has 0 radical (unpaired) electrons. The van der Waals surface area contributed by atoms with E-state index in [-0.39, 0.29) is 36.0 Å². The first-order valence-corrected chi connectivity index (χ1v) is 11.5. The van der Waals surface area contributed by atoms with Gasteiger partial charge in [0.05, 0.1) is 6.10 Å². The number of aromatic nitrogens is 1. The van der Waals surface area contributed by atoms with E-state index in [0.717, 1.165) is 37.5 Å². The third-order valence-corrected chi connectivity index (χ3v) is 5.50. The van der Waals surface area contributed by atoms with Crippen LogP contribution in [-0.2, 0) is 9.53 Å². The Morgan fingerprint density at radius 3 is 2.58 bits per heavy atom. The summed E-state index contributed by atoms with van der Waals surface area (Å²) in [5, 5.41) is 9.35. The summed E-state index contributed by atoms with van der Waals surface area (Å²) in [6.07, 6.45) is 4.29. The number of aliphatic imine (C=N–C) groups is 1. The summed E-state index contributed by atoms with van der Waals surface area (Å²) in [5.41, 5.74) is 3.53. The minimum Gasteiger partial charge on any atom is -0.373 e. The van der Waals surface area contributed by atoms with Crippen LogP contribution >= 0.6 is 24.0 Å². The Kier molecular flexibility index (Phi) is 11.6. The number of amides is 1. The first-order chi connectivity index (χ1) is 15.5. The van der Waals surface area contributed by atoms with Gasteiger partial charge in [0.2, 0.25) is 5.91 Å². The van der Waals surface area contributed by atoms with Crippen LogP contribution in [0.4, 0.5) is 5.82 Å². The summed E-state index contributed by atoms with van der Waals surface area (Å²) < 4.78 is 6.12. The second-order valence-corrected chi connectivity index (χ2v) is 8.27. The SMILES string of the molecule is CCNC(=NCC1CCCOC1c1ccc(C)cc1)NCCC(=O)Nc1ccc(C)cn1.I. The maximum atomic E-state index is 12.2. The highest BCUT2D eigenvalue weighted by atomic mass is 127. The standard InChI is InChI=1S/C25H35N5O2.HI/c1-4-26-25(27-14-13-23(31)30-22-12-9-19(3)16-28-22)29-17-21-6-5-15-32-24(21)20-10-7-18(2)8-11-20;/h7-12,16,21,24H,4-6,13-15,17H2,1-3H3,(H2,26,27,29)(H,28,30,31);1H. The Morgan fingerprint density at radius 2 is 1.88 bits per heavy atom. The van der Waals surface area contributed by atoms with Crippen molar-refractivity contribution >= 4 is 41.7 Å². The van der Waals surface area contributed by atoms with Gasteiger partial charge in [0.1, 0.15) is 5.82 Å². The van der Waals surface area contributed by atoms with E-state index in [2.05, 4.69) is 52.1 Å². The number of aryl methyl sites for hydroxylation is 2. The Labute approximate surface area is 214 Å². The quantitative estimate of drug-likeness (QED) is 0.252. The number of nitrogens with zero attached hydrogens (tertiary/aromatic N) is 2. The summed E-state index contributed by atoms with van der Waals surface area (Å²) in [7, 11) is 0. The van der Waals surface area contributed by atoms with Crippen molar-refractivity contribution in [1.29, 1.82) is 0 Å². The molecule has 1 saturated heterocycles. The summed E-state index contributed by atoms with van der Waals surface area (Å²) in [4.78, 5) is 21.2. The number of hydrogen-bond donors (Lipinski definition) is 3. The van der Waals surface area contributed by atoms with Crippen molar-refractivity contribution < 1.29 is 9.53 Å². The average molecular weight is 566 g/mol. The van der Waals surface area contributed by atoms with Gasteiger partial charge >= 0.3 is 0 Å². The molecule has 0 saturated carbocycles. The smallest absolute Gasteiger partial charge is 0.227 e. The Bertz CT molecular complexity index is 887. The molecule has 2 atom stereocenters. The van der Waals surface area contributed by atoms with Crippen LogP contribution in [0.1, 0.15) is 49.0 Å². The highest BCUT2D eigenvalue weighted by molar-refractivity contribution is 14.0. The van der Waals surface area contributed by atoms with E-state index in [1.807, 2.05) is 26.0 Å². The predicted molar refractivity (Wildman–Crippen MR) is 144 cm³/mol. The molecule has 7 nitrogen and oxygen atoms in total. The number of anilines is 1. The van der Waals surface area contributed by atoms with E-state index in [0.29, 0.717) is 31.2 Å². The number of rotatable bonds is 8. The monoisotopic (exact) mass is 565 g/mol. The fourth-order valence-corrected chi connectivity index (χ4v) is 3.75. The molecule has 2 unspecified atom stereocenters. The highest BCUT2D eigenvalue weighted by Crippen LogP contribution is 2.33. The zero-order valence-corrected chi connectivity index (χ0v) is 22.1. The molecule has 180 valence electrons. The highest BCUT2D eigenvalue weighted by Gasteiger charge is 2.27. The lowest BCUT2D eigenvalue weighted by Gasteiger charge is -2.31. The van der Waals surface area contributed by atoms with Crippen molar-refractivity contribution in [3.05, 3.63) is 59.3 Å². The van der Waals surface area contributed by atoms with Crippen LogP contribution in [-0.4, -0.2) is 43.1 Å². The molecule has 8 heteroatoms. The zero-order chi connectivity index (χ0) is 22.8. The van der Waals surface area contributed by atoms with Gasteiger partial charge in [-0.25, -0.2) is 4.98 Å². The van der Waals surface area contributed by atoms with Gasteiger partial charge in [0, 0.05) is 44.8 Å². The predicted octanol–water partition coefficient (Wildman–Crippen LogP) is 4.37. The maximum absolute atomic E-state index is 12.2. The molecule has 1 aromatic heterocycles. The number of ether oxygens (including phenoxy) is 1. The molecule has 1 amide bonds. The lowest BCUT2D eigenvalue weighted by atomic mass is 9.89. The van der Waals surface area contributed by atoms with E-state index in [1.165, 1.54) is 11.1 Å². The van der Waals surface area contributed by atoms with Crippen molar-refractivity contribution in [2.75, 3.05) is 31.6 Å². The van der Waals surface area contributed by atoms with Crippen LogP contribution in [0.3, 0.4) is 0 Å². The molecule has 3 rings (SSSR count). The molecular weight excluding hydrogens is 529 g/mol. The van der Waals surface area contributed by atoms with Crippen molar-refractivity contribution in [2.24, 2.45) is 10.9 Å². The summed E-state index contributed by atoms with van der Waals surface area (Å²) in [5.74, 6) is 1.55. The van der Waals surface area contributed by atoms with Crippen LogP contribution in [0.15, 0.2) is 47.6 Å². The normalized spacial score (nSPS) is 18.2. The molecular formula is C25H36IN5O2. The van der Waals surface area contributed by atoms with Gasteiger partial charge in [0.25, 0.3) is 0 Å². The van der Waals surface area contributed by atoms with E-state index >= 15 is 0 Å². The lowest BCUT2D eigenvalue weighted by molar-refractivity contribution is -0.116. The number of carbonyl (C=O) groups is 1. The fraction of sp³-hybridized carbons (Fsp3) is 0.480. The fourth-order valence-electron chi connectivity index (χ4n) is 3.75. The van der Waals surface area contributed by atoms with Crippen molar-refractivity contribution in [1.82, 2.24) is 15.6 Å². The molecule has 33 heavy (non-hydrogen) atoms. The van der Waals surface area contributed by atoms with E-state index in [9.17, 15) is 4.79 Å². The van der Waals surface area contributed by atoms with Crippen molar-refractivity contribution in [3.63, 3.8) is 0 Å². The number of guanidine groups is 1. The van der Waals surface area contributed by atoms with Gasteiger partial charge in [-0.05, 0) is 50.8 Å². The largest absolute Gasteiger partial charge is 0.373 e. The van der Waals surface area contributed by atoms with Gasteiger partial charge in [-0.3, -0.25) is 9.79 Å². The Hall–Kier alpha value is -2.20. The molecule has 3 N–H and O–H groups in total. The number of carbonyl (C=O) groups excluding carboxylic acids is 1. The Morgan fingerprint density at radius 1 is 1.12 bits per heavy atom. The molecule has 1 aliphatic heterocycles. The second-order valence-electron chi connectivity index (χ2n) is 8.27. The van der Waals surface area contributed by atoms with E-state index in [1.54, 1.807) is 6.20 Å². The van der Waals surface area contributed by atoms with Gasteiger partial charge in [-0.15, -0.1) is 24.0 Å². The number of pyridine rings is 1. The molecule has 0 bridgehead atoms. The van der Waals surface area contributed by atoms with Crippen LogP contribution in [0.5, 0.6) is 0 Å². The topological polar surface area (TPSA) is 87.6 Å². The van der Waals surface area contributed by atoms with E-state index in [4.69, 9.17) is 9.73 Å². The average Bonchev–Trinajstić information content (AvgIpc) is 2.80. The second kappa shape index (κ2) is 14.1. The molecule has 1 fully saturated rings. The molecule has 2 aromatic rings. The lowest BCUT2D eigenvalue weighted by Crippen LogP contribution is -2.39. The third-order valence-electron chi connectivity index (χ3n) is 5.50. The summed E-state index contributed by atoms with van der Waals surface area (Å²) >= 11 is 0. The Balaban J connectivity index is 0.00000385. The van der Waals surface area contributed by atoms with Gasteiger partial charge in [-0.2, -0.15) is 0 Å². The summed E-state index contributed by atoms with van der Waals surface area (Å²) in [6.45, 7) is 8.81.